The Morgan fingerprint density at radius 3 is 2.39 bits per heavy atom. The summed E-state index contributed by atoms with van der Waals surface area (Å²) in [7, 11) is 0. The third-order valence-electron chi connectivity index (χ3n) is 2.91. The molecule has 1 aromatic rings. The molecule has 0 fully saturated rings. The fourth-order valence-corrected chi connectivity index (χ4v) is 2.03. The van der Waals surface area contributed by atoms with Crippen LogP contribution in [0.5, 0.6) is 0 Å². The SMILES string of the molecule is CC(N)CC(NC(=O)OC(C)(C)C)c1cccc(C(F)(F)F)c1. The van der Waals surface area contributed by atoms with Gasteiger partial charge in [-0.05, 0) is 51.8 Å². The van der Waals surface area contributed by atoms with E-state index >= 15 is 0 Å². The van der Waals surface area contributed by atoms with Crippen molar-refractivity contribution in [2.75, 3.05) is 0 Å². The minimum atomic E-state index is -4.44. The van der Waals surface area contributed by atoms with E-state index in [1.54, 1.807) is 27.7 Å². The number of ether oxygens (including phenoxy) is 1. The van der Waals surface area contributed by atoms with Crippen molar-refractivity contribution in [1.82, 2.24) is 5.32 Å². The fraction of sp³-hybridized carbons (Fsp3) is 0.562. The summed E-state index contributed by atoms with van der Waals surface area (Å²) in [5, 5.41) is 2.59. The van der Waals surface area contributed by atoms with Crippen molar-refractivity contribution in [3.05, 3.63) is 35.4 Å². The fourth-order valence-electron chi connectivity index (χ4n) is 2.03. The molecule has 1 aromatic carbocycles. The zero-order valence-corrected chi connectivity index (χ0v) is 13.7. The van der Waals surface area contributed by atoms with Gasteiger partial charge in [0.1, 0.15) is 5.60 Å². The van der Waals surface area contributed by atoms with Gasteiger partial charge in [-0.15, -0.1) is 0 Å². The molecule has 0 spiro atoms. The second-order valence-corrected chi connectivity index (χ2v) is 6.54. The van der Waals surface area contributed by atoms with Crippen LogP contribution < -0.4 is 11.1 Å². The van der Waals surface area contributed by atoms with Gasteiger partial charge in [-0.1, -0.05) is 12.1 Å². The van der Waals surface area contributed by atoms with Gasteiger partial charge in [0.05, 0.1) is 11.6 Å². The Kier molecular flexibility index (Phi) is 6.04. The predicted octanol–water partition coefficient (Wildman–Crippen LogP) is 4.01. The highest BCUT2D eigenvalue weighted by Crippen LogP contribution is 2.31. The normalized spacial score (nSPS) is 15.0. The zero-order chi connectivity index (χ0) is 17.8. The maximum Gasteiger partial charge on any atom is 0.416 e. The molecule has 0 bridgehead atoms. The Labute approximate surface area is 134 Å². The molecular formula is C16H23F3N2O2. The Morgan fingerprint density at radius 1 is 1.30 bits per heavy atom. The van der Waals surface area contributed by atoms with Crippen LogP contribution in [0.2, 0.25) is 0 Å². The molecule has 2 unspecified atom stereocenters. The van der Waals surface area contributed by atoms with E-state index in [0.29, 0.717) is 12.0 Å². The Balaban J connectivity index is 3.00. The summed E-state index contributed by atoms with van der Waals surface area (Å²) >= 11 is 0. The first-order valence-electron chi connectivity index (χ1n) is 7.31. The van der Waals surface area contributed by atoms with Crippen LogP contribution in [0.25, 0.3) is 0 Å². The van der Waals surface area contributed by atoms with Crippen molar-refractivity contribution < 1.29 is 22.7 Å². The second-order valence-electron chi connectivity index (χ2n) is 6.54. The quantitative estimate of drug-likeness (QED) is 0.875. The summed E-state index contributed by atoms with van der Waals surface area (Å²) in [6.45, 7) is 6.84. The second kappa shape index (κ2) is 7.21. The average Bonchev–Trinajstić information content (AvgIpc) is 2.34. The van der Waals surface area contributed by atoms with Crippen LogP contribution in [0.1, 0.15) is 51.3 Å². The summed E-state index contributed by atoms with van der Waals surface area (Å²) in [6.07, 6.45) is -4.85. The van der Waals surface area contributed by atoms with E-state index in [1.165, 1.54) is 12.1 Å². The lowest BCUT2D eigenvalue weighted by Crippen LogP contribution is -2.37. The average molecular weight is 332 g/mol. The lowest BCUT2D eigenvalue weighted by Gasteiger charge is -2.25. The molecule has 0 saturated heterocycles. The third kappa shape index (κ3) is 6.90. The number of alkyl carbamates (subject to hydrolysis) is 1. The number of carbonyl (C=O) groups is 1. The highest BCUT2D eigenvalue weighted by Gasteiger charge is 2.31. The Bertz CT molecular complexity index is 537. The van der Waals surface area contributed by atoms with E-state index in [1.807, 2.05) is 0 Å². The molecule has 0 aliphatic heterocycles. The van der Waals surface area contributed by atoms with E-state index in [4.69, 9.17) is 10.5 Å². The number of nitrogens with two attached hydrogens (primary N) is 1. The van der Waals surface area contributed by atoms with Crippen molar-refractivity contribution in [2.24, 2.45) is 5.73 Å². The summed E-state index contributed by atoms with van der Waals surface area (Å²) < 4.78 is 43.7. The summed E-state index contributed by atoms with van der Waals surface area (Å²) in [6, 6.07) is 3.88. The van der Waals surface area contributed by atoms with Crippen molar-refractivity contribution >= 4 is 6.09 Å². The summed E-state index contributed by atoms with van der Waals surface area (Å²) in [5.74, 6) is 0. The van der Waals surface area contributed by atoms with E-state index in [0.717, 1.165) is 12.1 Å². The highest BCUT2D eigenvalue weighted by atomic mass is 19.4. The van der Waals surface area contributed by atoms with E-state index in [-0.39, 0.29) is 6.04 Å². The number of alkyl halides is 3. The molecular weight excluding hydrogens is 309 g/mol. The van der Waals surface area contributed by atoms with Gasteiger partial charge in [0.25, 0.3) is 0 Å². The van der Waals surface area contributed by atoms with Gasteiger partial charge in [0.2, 0.25) is 0 Å². The molecule has 2 atom stereocenters. The van der Waals surface area contributed by atoms with Gasteiger partial charge < -0.3 is 15.8 Å². The van der Waals surface area contributed by atoms with Crippen LogP contribution in [0, 0.1) is 0 Å². The zero-order valence-electron chi connectivity index (χ0n) is 13.7. The molecule has 7 heteroatoms. The van der Waals surface area contributed by atoms with Crippen molar-refractivity contribution in [2.45, 2.75) is 58.0 Å². The van der Waals surface area contributed by atoms with Gasteiger partial charge in [-0.25, -0.2) is 4.79 Å². The molecule has 130 valence electrons. The smallest absolute Gasteiger partial charge is 0.416 e. The van der Waals surface area contributed by atoms with Crippen LogP contribution in [-0.4, -0.2) is 17.7 Å². The Hall–Kier alpha value is -1.76. The predicted molar refractivity (Wildman–Crippen MR) is 81.8 cm³/mol. The lowest BCUT2D eigenvalue weighted by atomic mass is 9.98. The van der Waals surface area contributed by atoms with Gasteiger partial charge in [0, 0.05) is 6.04 Å². The van der Waals surface area contributed by atoms with E-state index < -0.39 is 29.5 Å². The number of nitrogens with one attached hydrogen (secondary N) is 1. The van der Waals surface area contributed by atoms with Crippen LogP contribution in [-0.2, 0) is 10.9 Å². The first kappa shape index (κ1) is 19.3. The number of rotatable bonds is 4. The molecule has 1 amide bonds. The molecule has 0 heterocycles. The molecule has 0 saturated carbocycles. The van der Waals surface area contributed by atoms with Crippen LogP contribution >= 0.6 is 0 Å². The minimum Gasteiger partial charge on any atom is -0.444 e. The van der Waals surface area contributed by atoms with Crippen molar-refractivity contribution in [1.29, 1.82) is 0 Å². The first-order chi connectivity index (χ1) is 10.4. The number of halogens is 3. The Morgan fingerprint density at radius 2 is 1.91 bits per heavy atom. The van der Waals surface area contributed by atoms with E-state index in [2.05, 4.69) is 5.32 Å². The van der Waals surface area contributed by atoms with Gasteiger partial charge in [-0.2, -0.15) is 13.2 Å². The minimum absolute atomic E-state index is 0.292. The van der Waals surface area contributed by atoms with Crippen LogP contribution in [0.15, 0.2) is 24.3 Å². The molecule has 1 rings (SSSR count). The number of amides is 1. The molecule has 3 N–H and O–H groups in total. The van der Waals surface area contributed by atoms with Crippen molar-refractivity contribution in [3.8, 4) is 0 Å². The molecule has 0 aliphatic rings. The lowest BCUT2D eigenvalue weighted by molar-refractivity contribution is -0.137. The number of benzene rings is 1. The molecule has 23 heavy (non-hydrogen) atoms. The van der Waals surface area contributed by atoms with Gasteiger partial charge >= 0.3 is 12.3 Å². The standard InChI is InChI=1S/C16H23F3N2O2/c1-10(20)8-13(21-14(22)23-15(2,3)4)11-6-5-7-12(9-11)16(17,18)19/h5-7,9-10,13H,8,20H2,1-4H3,(H,21,22). The summed E-state index contributed by atoms with van der Waals surface area (Å²) in [5.41, 5.74) is 4.61. The monoisotopic (exact) mass is 332 g/mol. The first-order valence-corrected chi connectivity index (χ1v) is 7.31. The molecule has 0 radical (unpaired) electrons. The van der Waals surface area contributed by atoms with Crippen LogP contribution in [0.4, 0.5) is 18.0 Å². The number of hydrogen-bond acceptors (Lipinski definition) is 3. The third-order valence-corrected chi connectivity index (χ3v) is 2.91. The maximum atomic E-state index is 12.8. The summed E-state index contributed by atoms with van der Waals surface area (Å²) in [4.78, 5) is 11.9. The molecule has 4 nitrogen and oxygen atoms in total. The largest absolute Gasteiger partial charge is 0.444 e. The number of carbonyl (C=O) groups excluding carboxylic acids is 1. The van der Waals surface area contributed by atoms with Crippen molar-refractivity contribution in [3.63, 3.8) is 0 Å². The highest BCUT2D eigenvalue weighted by molar-refractivity contribution is 5.68. The molecule has 0 aliphatic carbocycles. The molecule has 0 aromatic heterocycles. The maximum absolute atomic E-state index is 12.8. The van der Waals surface area contributed by atoms with Crippen LogP contribution in [0.3, 0.4) is 0 Å². The van der Waals surface area contributed by atoms with E-state index in [9.17, 15) is 18.0 Å². The number of hydrogen-bond donors (Lipinski definition) is 2. The topological polar surface area (TPSA) is 64.3 Å². The van der Waals surface area contributed by atoms with Gasteiger partial charge in [0.15, 0.2) is 0 Å². The van der Waals surface area contributed by atoms with Gasteiger partial charge in [-0.3, -0.25) is 0 Å².